The third-order valence-corrected chi connectivity index (χ3v) is 6.41. The fraction of sp³-hybridized carbons (Fsp3) is 0.440. The number of nitrogens with one attached hydrogen (secondary N) is 2. The maximum atomic E-state index is 12.9. The Balaban J connectivity index is 1.35. The van der Waals surface area contributed by atoms with Gasteiger partial charge in [0.15, 0.2) is 0 Å². The van der Waals surface area contributed by atoms with Crippen molar-refractivity contribution in [3.63, 3.8) is 0 Å². The zero-order chi connectivity index (χ0) is 21.6. The van der Waals surface area contributed by atoms with Gasteiger partial charge in [0, 0.05) is 36.1 Å². The second kappa shape index (κ2) is 9.96. The standard InChI is InChI=1S/C25H32N4O2/c1-2-28-16-7-10-22(28)18-26-24(30)20-12-14-21(15-13-20)27-25(31)29-17-6-5-9-19-8-3-4-11-23(19)29/h3-4,8,11-15,22H,2,5-7,9-10,16-18H2,1H3,(H,26,30)(H,27,31)/t22-/m1/s1. The minimum Gasteiger partial charge on any atom is -0.350 e. The summed E-state index contributed by atoms with van der Waals surface area (Å²) in [5, 5.41) is 6.04. The van der Waals surface area contributed by atoms with Crippen LogP contribution >= 0.6 is 0 Å². The third-order valence-electron chi connectivity index (χ3n) is 6.41. The molecule has 3 amide bonds. The lowest BCUT2D eigenvalue weighted by Crippen LogP contribution is -2.40. The number of hydrogen-bond acceptors (Lipinski definition) is 3. The molecule has 0 saturated carbocycles. The highest BCUT2D eigenvalue weighted by Crippen LogP contribution is 2.26. The summed E-state index contributed by atoms with van der Waals surface area (Å²) in [5.41, 5.74) is 3.50. The molecule has 6 heteroatoms. The molecule has 0 unspecified atom stereocenters. The highest BCUT2D eigenvalue weighted by Gasteiger charge is 2.23. The van der Waals surface area contributed by atoms with Crippen LogP contribution in [0.3, 0.4) is 0 Å². The average Bonchev–Trinajstić information content (AvgIpc) is 3.15. The van der Waals surface area contributed by atoms with Crippen molar-refractivity contribution < 1.29 is 9.59 Å². The van der Waals surface area contributed by atoms with E-state index in [0.29, 0.717) is 30.4 Å². The molecule has 2 aliphatic rings. The van der Waals surface area contributed by atoms with E-state index in [1.807, 2.05) is 23.1 Å². The van der Waals surface area contributed by atoms with E-state index < -0.39 is 0 Å². The number of likely N-dealkylation sites (tertiary alicyclic amines) is 1. The molecule has 1 saturated heterocycles. The van der Waals surface area contributed by atoms with Crippen molar-refractivity contribution >= 4 is 23.3 Å². The van der Waals surface area contributed by atoms with Crippen LogP contribution in [0.15, 0.2) is 48.5 Å². The van der Waals surface area contributed by atoms with Gasteiger partial charge in [-0.2, -0.15) is 0 Å². The highest BCUT2D eigenvalue weighted by molar-refractivity contribution is 6.02. The molecule has 2 aromatic rings. The fourth-order valence-electron chi connectivity index (χ4n) is 4.65. The number of para-hydroxylation sites is 1. The SMILES string of the molecule is CCN1CCC[C@@H]1CNC(=O)c1ccc(NC(=O)N2CCCCc3ccccc32)cc1. The molecular formula is C25H32N4O2. The number of aryl methyl sites for hydroxylation is 1. The Bertz CT molecular complexity index is 912. The van der Waals surface area contributed by atoms with Crippen LogP contribution in [-0.4, -0.2) is 49.1 Å². The van der Waals surface area contributed by atoms with E-state index in [1.165, 1.54) is 12.0 Å². The summed E-state index contributed by atoms with van der Waals surface area (Å²) >= 11 is 0. The lowest BCUT2D eigenvalue weighted by molar-refractivity contribution is 0.0941. The maximum absolute atomic E-state index is 12.9. The molecule has 0 aliphatic carbocycles. The quantitative estimate of drug-likeness (QED) is 0.759. The van der Waals surface area contributed by atoms with Crippen molar-refractivity contribution in [1.82, 2.24) is 10.2 Å². The van der Waals surface area contributed by atoms with Gasteiger partial charge in [0.25, 0.3) is 5.91 Å². The lowest BCUT2D eigenvalue weighted by atomic mass is 10.1. The molecule has 31 heavy (non-hydrogen) atoms. The first-order valence-electron chi connectivity index (χ1n) is 11.4. The molecule has 0 spiro atoms. The zero-order valence-electron chi connectivity index (χ0n) is 18.3. The normalized spacial score (nSPS) is 18.9. The zero-order valence-corrected chi connectivity index (χ0v) is 18.3. The van der Waals surface area contributed by atoms with E-state index in [0.717, 1.165) is 44.5 Å². The molecule has 164 valence electrons. The number of anilines is 2. The van der Waals surface area contributed by atoms with Crippen LogP contribution in [0.2, 0.25) is 0 Å². The maximum Gasteiger partial charge on any atom is 0.326 e. The molecular weight excluding hydrogens is 388 g/mol. The monoisotopic (exact) mass is 420 g/mol. The Hall–Kier alpha value is -2.86. The molecule has 1 atom stereocenters. The van der Waals surface area contributed by atoms with Crippen molar-refractivity contribution in [3.8, 4) is 0 Å². The van der Waals surface area contributed by atoms with E-state index in [2.05, 4.69) is 28.5 Å². The predicted octanol–water partition coefficient (Wildman–Crippen LogP) is 4.28. The number of rotatable bonds is 5. The summed E-state index contributed by atoms with van der Waals surface area (Å²) in [7, 11) is 0. The number of amides is 3. The molecule has 6 nitrogen and oxygen atoms in total. The van der Waals surface area contributed by atoms with Gasteiger partial charge in [-0.25, -0.2) is 4.79 Å². The Morgan fingerprint density at radius 2 is 1.81 bits per heavy atom. The second-order valence-corrected chi connectivity index (χ2v) is 8.38. The average molecular weight is 421 g/mol. The summed E-state index contributed by atoms with van der Waals surface area (Å²) in [4.78, 5) is 29.7. The predicted molar refractivity (Wildman–Crippen MR) is 125 cm³/mol. The van der Waals surface area contributed by atoms with Gasteiger partial charge in [-0.05, 0) is 81.1 Å². The van der Waals surface area contributed by atoms with Gasteiger partial charge in [-0.3, -0.25) is 14.6 Å². The van der Waals surface area contributed by atoms with Crippen LogP contribution < -0.4 is 15.5 Å². The van der Waals surface area contributed by atoms with Crippen molar-refractivity contribution in [3.05, 3.63) is 59.7 Å². The number of carbonyl (C=O) groups is 2. The van der Waals surface area contributed by atoms with E-state index in [4.69, 9.17) is 0 Å². The van der Waals surface area contributed by atoms with Crippen LogP contribution in [0.4, 0.5) is 16.2 Å². The summed E-state index contributed by atoms with van der Waals surface area (Å²) in [6.45, 7) is 5.69. The van der Waals surface area contributed by atoms with E-state index in [-0.39, 0.29) is 11.9 Å². The number of hydrogen-bond donors (Lipinski definition) is 2. The number of urea groups is 1. The smallest absolute Gasteiger partial charge is 0.326 e. The van der Waals surface area contributed by atoms with Gasteiger partial charge in [-0.15, -0.1) is 0 Å². The first-order valence-corrected chi connectivity index (χ1v) is 11.4. The van der Waals surface area contributed by atoms with Crippen LogP contribution in [-0.2, 0) is 6.42 Å². The summed E-state index contributed by atoms with van der Waals surface area (Å²) < 4.78 is 0. The van der Waals surface area contributed by atoms with Crippen molar-refractivity contribution in [2.45, 2.75) is 45.1 Å². The Morgan fingerprint density at radius 3 is 2.61 bits per heavy atom. The molecule has 2 aromatic carbocycles. The summed E-state index contributed by atoms with van der Waals surface area (Å²) in [5.74, 6) is -0.0673. The number of carbonyl (C=O) groups excluding carboxylic acids is 2. The van der Waals surface area contributed by atoms with Gasteiger partial charge >= 0.3 is 6.03 Å². The van der Waals surface area contributed by atoms with E-state index in [9.17, 15) is 9.59 Å². The number of nitrogens with zero attached hydrogens (tertiary/aromatic N) is 2. The van der Waals surface area contributed by atoms with Crippen molar-refractivity contribution in [2.24, 2.45) is 0 Å². The summed E-state index contributed by atoms with van der Waals surface area (Å²) in [6.07, 6.45) is 5.41. The third kappa shape index (κ3) is 5.07. The minimum atomic E-state index is -0.132. The first kappa shape index (κ1) is 21.4. The Labute approximate surface area is 184 Å². The van der Waals surface area contributed by atoms with Crippen LogP contribution in [0, 0.1) is 0 Å². The number of likely N-dealkylation sites (N-methyl/N-ethyl adjacent to an activating group) is 1. The van der Waals surface area contributed by atoms with Gasteiger partial charge in [0.2, 0.25) is 0 Å². The van der Waals surface area contributed by atoms with E-state index >= 15 is 0 Å². The topological polar surface area (TPSA) is 64.7 Å². The number of benzene rings is 2. The molecule has 0 bridgehead atoms. The second-order valence-electron chi connectivity index (χ2n) is 8.38. The summed E-state index contributed by atoms with van der Waals surface area (Å²) in [6, 6.07) is 15.5. The van der Waals surface area contributed by atoms with Gasteiger partial charge in [0.05, 0.1) is 0 Å². The van der Waals surface area contributed by atoms with Gasteiger partial charge < -0.3 is 10.6 Å². The highest BCUT2D eigenvalue weighted by atomic mass is 16.2. The molecule has 4 rings (SSSR count). The fourth-order valence-corrected chi connectivity index (χ4v) is 4.65. The van der Waals surface area contributed by atoms with Crippen LogP contribution in [0.5, 0.6) is 0 Å². The largest absolute Gasteiger partial charge is 0.350 e. The Morgan fingerprint density at radius 1 is 1.00 bits per heavy atom. The van der Waals surface area contributed by atoms with Crippen LogP contribution in [0.1, 0.15) is 48.5 Å². The molecule has 1 fully saturated rings. The first-order chi connectivity index (χ1) is 15.2. The van der Waals surface area contributed by atoms with Crippen LogP contribution in [0.25, 0.3) is 0 Å². The minimum absolute atomic E-state index is 0.0673. The molecule has 0 aromatic heterocycles. The van der Waals surface area contributed by atoms with E-state index in [1.54, 1.807) is 24.3 Å². The molecule has 2 heterocycles. The molecule has 2 aliphatic heterocycles. The molecule has 2 N–H and O–H groups in total. The lowest BCUT2D eigenvalue weighted by Gasteiger charge is -2.23. The molecule has 0 radical (unpaired) electrons. The van der Waals surface area contributed by atoms with Gasteiger partial charge in [0.1, 0.15) is 0 Å². The Kier molecular flexibility index (Phi) is 6.87. The van der Waals surface area contributed by atoms with Crippen molar-refractivity contribution in [1.29, 1.82) is 0 Å². The number of fused-ring (bicyclic) bond motifs is 1. The van der Waals surface area contributed by atoms with Gasteiger partial charge in [-0.1, -0.05) is 25.1 Å². The van der Waals surface area contributed by atoms with Crippen molar-refractivity contribution in [2.75, 3.05) is 36.4 Å².